The van der Waals surface area contributed by atoms with Crippen LogP contribution in [0.1, 0.15) is 92.2 Å². The minimum atomic E-state index is -2.27. The number of hydrogen-bond donors (Lipinski definition) is 0. The van der Waals surface area contributed by atoms with Crippen LogP contribution in [-0.4, -0.2) is 27.6 Å². The molecule has 4 nitrogen and oxygen atoms in total. The summed E-state index contributed by atoms with van der Waals surface area (Å²) in [5.74, 6) is 1.01. The molecule has 1 radical (unpaired) electrons. The molecule has 0 spiro atoms. The van der Waals surface area contributed by atoms with E-state index in [9.17, 15) is 0 Å². The molecule has 0 aliphatic rings. The smallest absolute Gasteiger partial charge is 0.0822 e. The van der Waals surface area contributed by atoms with Gasteiger partial charge in [0.05, 0.1) is 31.1 Å². The predicted molar refractivity (Wildman–Crippen MR) is 269 cm³/mol. The molecule has 0 atom stereocenters. The molecule has 4 heterocycles. The van der Waals surface area contributed by atoms with E-state index in [0.717, 1.165) is 53.5 Å². The van der Waals surface area contributed by atoms with Crippen molar-refractivity contribution in [2.24, 2.45) is 5.92 Å². The van der Waals surface area contributed by atoms with Gasteiger partial charge in [-0.25, -0.2) is 0 Å². The van der Waals surface area contributed by atoms with Crippen molar-refractivity contribution in [3.05, 3.63) is 162 Å². The van der Waals surface area contributed by atoms with Crippen LogP contribution in [0.2, 0.25) is 19.6 Å². The zero-order chi connectivity index (χ0) is 50.7. The second kappa shape index (κ2) is 19.0. The summed E-state index contributed by atoms with van der Waals surface area (Å²) in [6, 6.07) is 39.7. The van der Waals surface area contributed by atoms with Crippen molar-refractivity contribution < 1.29 is 31.1 Å². The normalized spacial score (nSPS) is 14.3. The molecule has 0 aliphatic carbocycles. The Morgan fingerprint density at radius 2 is 1.52 bits per heavy atom. The summed E-state index contributed by atoms with van der Waals surface area (Å²) in [5, 5.41) is 2.71. The van der Waals surface area contributed by atoms with Crippen LogP contribution in [0, 0.1) is 31.8 Å². The molecule has 0 aliphatic heterocycles. The molecule has 0 bridgehead atoms. The number of hydrogen-bond acceptors (Lipinski definition) is 4. The largest absolute Gasteiger partial charge is 0.331 e. The maximum atomic E-state index is 8.59. The summed E-state index contributed by atoms with van der Waals surface area (Å²) in [7, 11) is -1.78. The molecular formula is C56H58IrN4SSi-2. The van der Waals surface area contributed by atoms with Crippen LogP contribution in [0.4, 0.5) is 0 Å². The number of rotatable bonds is 9. The van der Waals surface area contributed by atoms with Crippen LogP contribution in [0.15, 0.2) is 122 Å². The van der Waals surface area contributed by atoms with Gasteiger partial charge in [0.2, 0.25) is 0 Å². The van der Waals surface area contributed by atoms with Crippen LogP contribution in [0.25, 0.3) is 70.7 Å². The second-order valence-electron chi connectivity index (χ2n) is 17.8. The van der Waals surface area contributed by atoms with E-state index >= 15 is 0 Å². The molecule has 0 amide bonds. The maximum absolute atomic E-state index is 8.59. The van der Waals surface area contributed by atoms with Crippen molar-refractivity contribution in [1.29, 1.82) is 0 Å². The van der Waals surface area contributed by atoms with Crippen LogP contribution >= 0.6 is 11.3 Å². The average molecular weight is 1050 g/mol. The molecule has 9 rings (SSSR count). The number of pyridine rings is 2. The van der Waals surface area contributed by atoms with Gasteiger partial charge < -0.3 is 9.55 Å². The number of aryl methyl sites for hydroxylation is 2. The number of benzene rings is 5. The Bertz CT molecular complexity index is 3320. The van der Waals surface area contributed by atoms with Gasteiger partial charge in [0.15, 0.2) is 0 Å². The molecule has 0 saturated carbocycles. The summed E-state index contributed by atoms with van der Waals surface area (Å²) in [6.07, 6.45) is 3.98. The van der Waals surface area contributed by atoms with Gasteiger partial charge in [0.1, 0.15) is 0 Å². The molecule has 9 aromatic rings. The summed E-state index contributed by atoms with van der Waals surface area (Å²) < 4.78 is 68.7. The Morgan fingerprint density at radius 3 is 2.17 bits per heavy atom. The number of aromatic nitrogens is 4. The van der Waals surface area contributed by atoms with Gasteiger partial charge in [0.25, 0.3) is 0 Å². The maximum Gasteiger partial charge on any atom is 0.0822 e. The van der Waals surface area contributed by atoms with Crippen molar-refractivity contribution in [3.63, 3.8) is 0 Å². The van der Waals surface area contributed by atoms with E-state index in [4.69, 9.17) is 16.0 Å². The third kappa shape index (κ3) is 9.44. The van der Waals surface area contributed by atoms with E-state index < -0.39 is 28.2 Å². The van der Waals surface area contributed by atoms with E-state index in [1.54, 1.807) is 41.9 Å². The number of thiophene rings is 1. The molecule has 0 unspecified atom stereocenters. The first-order chi connectivity index (χ1) is 32.9. The third-order valence-corrected chi connectivity index (χ3v) is 14.3. The van der Waals surface area contributed by atoms with E-state index in [1.165, 1.54) is 28.3 Å². The molecule has 0 saturated heterocycles. The number of imidazole rings is 1. The fourth-order valence-electron chi connectivity index (χ4n) is 8.09. The summed E-state index contributed by atoms with van der Waals surface area (Å²) >= 11 is 1.60. The van der Waals surface area contributed by atoms with Crippen molar-refractivity contribution in [3.8, 4) is 39.5 Å². The first-order valence-corrected chi connectivity index (χ1v) is 25.7. The fraction of sp³-hybridized carbons (Fsp3) is 0.268. The van der Waals surface area contributed by atoms with Crippen LogP contribution in [-0.2, 0) is 26.5 Å². The van der Waals surface area contributed by atoms with Gasteiger partial charge in [-0.2, -0.15) is 11.3 Å². The van der Waals surface area contributed by atoms with Crippen LogP contribution < -0.4 is 5.19 Å². The Balaban J connectivity index is 0.000000236. The van der Waals surface area contributed by atoms with Crippen molar-refractivity contribution in [2.45, 2.75) is 93.1 Å². The zero-order valence-electron chi connectivity index (χ0n) is 45.3. The Labute approximate surface area is 404 Å². The topological polar surface area (TPSA) is 43.6 Å². The van der Waals surface area contributed by atoms with Gasteiger partial charge >= 0.3 is 0 Å². The molecule has 63 heavy (non-hydrogen) atoms. The third-order valence-electron chi connectivity index (χ3n) is 11.1. The van der Waals surface area contributed by atoms with Gasteiger partial charge in [-0.3, -0.25) is 9.97 Å². The number of fused-ring (bicyclic) bond motifs is 4. The first-order valence-electron chi connectivity index (χ1n) is 25.3. The fourth-order valence-corrected chi connectivity index (χ4v) is 10.7. The van der Waals surface area contributed by atoms with Gasteiger partial charge in [-0.1, -0.05) is 146 Å². The Hall–Kier alpha value is -5.04. The summed E-state index contributed by atoms with van der Waals surface area (Å²) in [4.78, 5) is 14.3. The standard InChI is InChI=1S/C37H32N3S.C19H26NSi.Ir/c1-22(2)29-19-26(25-11-7-6-8-12-25)20-30(23(3)4)35(29)40-32-21-38-18-17-31(32)39-37(40)28-16-15-24(5)34-27-13-9-10-14-33(27)41-36(28)34;1-14(2)11-17-12-18(16-9-7-15(3)8-10-16)20-13-19(17)21(4,5)6;/h6-15,17-23H,1-5H3;7-9,12-14H,11H2,1-6H3;/q2*-1;/i5D3;3D3,11D2;. The monoisotopic (exact) mass is 1050 g/mol. The molecule has 5 aromatic carbocycles. The van der Waals surface area contributed by atoms with E-state index in [2.05, 4.69) is 116 Å². The molecule has 0 fully saturated rings. The minimum absolute atomic E-state index is 0. The summed E-state index contributed by atoms with van der Waals surface area (Å²) in [5.41, 5.74) is 10.9. The molecule has 7 heteroatoms. The quantitative estimate of drug-likeness (QED) is 0.107. The average Bonchev–Trinajstić information content (AvgIpc) is 3.89. The van der Waals surface area contributed by atoms with Gasteiger partial charge in [-0.05, 0) is 91.6 Å². The summed E-state index contributed by atoms with van der Waals surface area (Å²) in [6.45, 7) is 14.8. The van der Waals surface area contributed by atoms with Crippen LogP contribution in [0.5, 0.6) is 0 Å². The van der Waals surface area contributed by atoms with Gasteiger partial charge in [-0.15, -0.1) is 53.1 Å². The van der Waals surface area contributed by atoms with Crippen molar-refractivity contribution in [1.82, 2.24) is 19.5 Å². The second-order valence-corrected chi connectivity index (χ2v) is 23.9. The number of nitrogens with zero attached hydrogens (tertiary/aromatic N) is 4. The van der Waals surface area contributed by atoms with E-state index in [0.29, 0.717) is 22.4 Å². The van der Waals surface area contributed by atoms with E-state index in [-0.39, 0.29) is 43.4 Å². The van der Waals surface area contributed by atoms with Crippen molar-refractivity contribution >= 4 is 55.8 Å². The Morgan fingerprint density at radius 1 is 0.794 bits per heavy atom. The predicted octanol–water partition coefficient (Wildman–Crippen LogP) is 15.1. The van der Waals surface area contributed by atoms with Gasteiger partial charge in [0, 0.05) is 53.9 Å². The minimum Gasteiger partial charge on any atom is -0.331 e. The Kier molecular flexibility index (Phi) is 10.9. The molecule has 4 aromatic heterocycles. The zero-order valence-corrected chi connectivity index (χ0v) is 41.5. The van der Waals surface area contributed by atoms with Crippen molar-refractivity contribution in [2.75, 3.05) is 0 Å². The molecule has 323 valence electrons. The SMILES string of the molecule is [2H]C([2H])([2H])c1c[c-]c(-c2cc(C([2H])([2H])C(C)C)c([Si](C)(C)C)cn2)cc1.[2H]C([2H])([2H])c1c[c-]c(-c2nc3ccncc3n2-c2c(C(C)C)cc(-c3ccccc3)cc2C(C)C)c2sc3ccccc3c12.[Ir]. The molecule has 0 N–H and O–H groups in total. The molecular weight excluding hydrogens is 981 g/mol. The van der Waals surface area contributed by atoms with Crippen LogP contribution in [0.3, 0.4) is 0 Å². The first kappa shape index (κ1) is 36.3. The van der Waals surface area contributed by atoms with E-state index in [1.807, 2.05) is 56.4 Å².